The molecule has 0 saturated carbocycles. The molecule has 1 aliphatic rings. The minimum atomic E-state index is -0.509. The topological polar surface area (TPSA) is 51.2 Å². The molecule has 1 unspecified atom stereocenters. The van der Waals surface area contributed by atoms with Crippen molar-refractivity contribution < 1.29 is 9.52 Å². The van der Waals surface area contributed by atoms with Gasteiger partial charge in [-0.2, -0.15) is 0 Å². The highest BCUT2D eigenvalue weighted by Gasteiger charge is 2.23. The molecule has 1 aliphatic heterocycles. The summed E-state index contributed by atoms with van der Waals surface area (Å²) in [5, 5.41) is 10.3. The van der Waals surface area contributed by atoms with Crippen molar-refractivity contribution in [3.8, 4) is 11.6 Å². The Labute approximate surface area is 97.5 Å². The van der Waals surface area contributed by atoms with Gasteiger partial charge in [-0.05, 0) is 43.0 Å². The molecule has 1 N–H and O–H groups in total. The van der Waals surface area contributed by atoms with E-state index in [1.54, 1.807) is 18.3 Å². The van der Waals surface area contributed by atoms with Gasteiger partial charge < -0.3 is 9.52 Å². The fourth-order valence-corrected chi connectivity index (χ4v) is 2.27. The molecule has 0 aliphatic carbocycles. The van der Waals surface area contributed by atoms with Crippen molar-refractivity contribution in [1.82, 2.24) is 9.55 Å². The van der Waals surface area contributed by atoms with E-state index in [0.717, 1.165) is 25.0 Å². The van der Waals surface area contributed by atoms with E-state index in [4.69, 9.17) is 16.0 Å². The second-order valence-electron chi connectivity index (χ2n) is 3.92. The lowest BCUT2D eigenvalue weighted by Gasteiger charge is -2.22. The van der Waals surface area contributed by atoms with Crippen LogP contribution in [0, 0.1) is 0 Å². The number of aliphatic hydroxyl groups is 1. The molecule has 0 radical (unpaired) electrons. The Kier molecular flexibility index (Phi) is 2.26. The summed E-state index contributed by atoms with van der Waals surface area (Å²) in [6.45, 7) is 0. The molecule has 4 nitrogen and oxygen atoms in total. The summed E-state index contributed by atoms with van der Waals surface area (Å²) < 4.78 is 7.13. The number of nitrogens with zero attached hydrogens (tertiary/aromatic N) is 2. The minimum absolute atomic E-state index is 0.331. The van der Waals surface area contributed by atoms with Gasteiger partial charge in [-0.15, -0.1) is 0 Å². The number of aromatic nitrogens is 2. The Morgan fingerprint density at radius 3 is 3.12 bits per heavy atom. The molecular weight excluding hydrogens is 228 g/mol. The van der Waals surface area contributed by atoms with Crippen molar-refractivity contribution in [3.05, 3.63) is 29.2 Å². The Morgan fingerprint density at radius 1 is 1.50 bits per heavy atom. The van der Waals surface area contributed by atoms with Gasteiger partial charge in [-0.3, -0.25) is 4.57 Å². The van der Waals surface area contributed by atoms with Gasteiger partial charge in [-0.1, -0.05) is 0 Å². The summed E-state index contributed by atoms with van der Waals surface area (Å²) in [6, 6.07) is 3.44. The van der Waals surface area contributed by atoms with Crippen molar-refractivity contribution >= 4 is 11.6 Å². The molecule has 2 aromatic heterocycles. The van der Waals surface area contributed by atoms with Crippen molar-refractivity contribution in [2.75, 3.05) is 0 Å². The predicted octanol–water partition coefficient (Wildman–Crippen LogP) is 2.62. The maximum atomic E-state index is 9.95. The molecule has 0 saturated heterocycles. The van der Waals surface area contributed by atoms with Crippen LogP contribution in [-0.2, 0) is 6.42 Å². The zero-order chi connectivity index (χ0) is 11.1. The number of hydrogen-bond donors (Lipinski definition) is 1. The van der Waals surface area contributed by atoms with Crippen LogP contribution in [-0.4, -0.2) is 14.7 Å². The summed E-state index contributed by atoms with van der Waals surface area (Å²) in [6.07, 6.45) is 3.97. The summed E-state index contributed by atoms with van der Waals surface area (Å²) in [5.41, 5.74) is 1.04. The molecular formula is C11H11ClN2O2. The van der Waals surface area contributed by atoms with E-state index in [0.29, 0.717) is 16.8 Å². The highest BCUT2D eigenvalue weighted by molar-refractivity contribution is 6.28. The van der Waals surface area contributed by atoms with Gasteiger partial charge >= 0.3 is 0 Å². The van der Waals surface area contributed by atoms with Gasteiger partial charge in [0.2, 0.25) is 0 Å². The first-order valence-electron chi connectivity index (χ1n) is 5.25. The molecule has 84 valence electrons. The summed E-state index contributed by atoms with van der Waals surface area (Å²) >= 11 is 5.73. The monoisotopic (exact) mass is 238 g/mol. The first kappa shape index (κ1) is 9.93. The van der Waals surface area contributed by atoms with Gasteiger partial charge in [-0.25, -0.2) is 4.98 Å². The van der Waals surface area contributed by atoms with Gasteiger partial charge in [0.1, 0.15) is 6.23 Å². The van der Waals surface area contributed by atoms with Crippen molar-refractivity contribution in [2.24, 2.45) is 0 Å². The Hall–Kier alpha value is -1.26. The van der Waals surface area contributed by atoms with Crippen LogP contribution in [0.15, 0.2) is 22.7 Å². The normalized spacial score (nSPS) is 19.8. The second kappa shape index (κ2) is 3.64. The molecule has 5 heteroatoms. The number of imidazole rings is 1. The summed E-state index contributed by atoms with van der Waals surface area (Å²) in [4.78, 5) is 4.28. The fourth-order valence-electron chi connectivity index (χ4n) is 2.13. The van der Waals surface area contributed by atoms with E-state index in [2.05, 4.69) is 4.98 Å². The van der Waals surface area contributed by atoms with Crippen molar-refractivity contribution in [2.45, 2.75) is 25.5 Å². The molecule has 0 aromatic carbocycles. The average Bonchev–Trinajstić information content (AvgIpc) is 2.84. The molecule has 0 spiro atoms. The number of hydrogen-bond acceptors (Lipinski definition) is 3. The van der Waals surface area contributed by atoms with Gasteiger partial charge in [0.15, 0.2) is 16.8 Å². The SMILES string of the molecule is OC1CCCc2cnc(-c3ccc(Cl)o3)n21. The number of rotatable bonds is 1. The molecule has 0 amide bonds. The molecule has 3 rings (SSSR count). The maximum Gasteiger partial charge on any atom is 0.194 e. The molecule has 0 fully saturated rings. The van der Waals surface area contributed by atoms with Crippen molar-refractivity contribution in [1.29, 1.82) is 0 Å². The number of fused-ring (bicyclic) bond motifs is 1. The lowest BCUT2D eigenvalue weighted by molar-refractivity contribution is 0.0802. The Bertz CT molecular complexity index is 518. The van der Waals surface area contributed by atoms with Crippen LogP contribution in [0.2, 0.25) is 5.22 Å². The molecule has 2 aromatic rings. The number of furan rings is 1. The van der Waals surface area contributed by atoms with Crippen molar-refractivity contribution in [3.63, 3.8) is 0 Å². The van der Waals surface area contributed by atoms with Gasteiger partial charge in [0.05, 0.1) is 0 Å². The van der Waals surface area contributed by atoms with Crippen LogP contribution in [0.1, 0.15) is 24.8 Å². The van der Waals surface area contributed by atoms with Gasteiger partial charge in [0, 0.05) is 11.9 Å². The first-order chi connectivity index (χ1) is 7.75. The van der Waals surface area contributed by atoms with Crippen LogP contribution in [0.3, 0.4) is 0 Å². The van der Waals surface area contributed by atoms with Crippen LogP contribution in [0.4, 0.5) is 0 Å². The molecule has 0 bridgehead atoms. The predicted molar refractivity (Wildman–Crippen MR) is 59.1 cm³/mol. The van der Waals surface area contributed by atoms with E-state index in [1.165, 1.54) is 0 Å². The van der Waals surface area contributed by atoms with E-state index >= 15 is 0 Å². The highest BCUT2D eigenvalue weighted by atomic mass is 35.5. The minimum Gasteiger partial charge on any atom is -0.441 e. The van der Waals surface area contributed by atoms with E-state index in [-0.39, 0.29) is 0 Å². The number of halogens is 1. The largest absolute Gasteiger partial charge is 0.441 e. The second-order valence-corrected chi connectivity index (χ2v) is 4.29. The lowest BCUT2D eigenvalue weighted by atomic mass is 10.1. The maximum absolute atomic E-state index is 9.95. The summed E-state index contributed by atoms with van der Waals surface area (Å²) in [5.74, 6) is 1.24. The number of aliphatic hydroxyl groups excluding tert-OH is 1. The van der Waals surface area contributed by atoms with E-state index < -0.39 is 6.23 Å². The molecule has 16 heavy (non-hydrogen) atoms. The number of aryl methyl sites for hydroxylation is 1. The average molecular weight is 239 g/mol. The smallest absolute Gasteiger partial charge is 0.194 e. The van der Waals surface area contributed by atoms with Crippen LogP contribution >= 0.6 is 11.6 Å². The third-order valence-electron chi connectivity index (χ3n) is 2.86. The van der Waals surface area contributed by atoms with Gasteiger partial charge in [0.25, 0.3) is 0 Å². The molecule has 1 atom stereocenters. The van der Waals surface area contributed by atoms with Crippen LogP contribution in [0.5, 0.6) is 0 Å². The van der Waals surface area contributed by atoms with Crippen LogP contribution in [0.25, 0.3) is 11.6 Å². The lowest BCUT2D eigenvalue weighted by Crippen LogP contribution is -2.17. The van der Waals surface area contributed by atoms with E-state index in [9.17, 15) is 5.11 Å². The Balaban J connectivity index is 2.12. The first-order valence-corrected chi connectivity index (χ1v) is 5.63. The molecule has 3 heterocycles. The third-order valence-corrected chi connectivity index (χ3v) is 3.06. The zero-order valence-electron chi connectivity index (χ0n) is 8.56. The van der Waals surface area contributed by atoms with E-state index in [1.807, 2.05) is 4.57 Å². The van der Waals surface area contributed by atoms with Crippen LogP contribution < -0.4 is 0 Å². The zero-order valence-corrected chi connectivity index (χ0v) is 9.31. The fraction of sp³-hybridized carbons (Fsp3) is 0.364. The standard InChI is InChI=1S/C11H11ClN2O2/c12-9-5-4-8(16-9)11-13-6-7-2-1-3-10(15)14(7)11/h4-6,10,15H,1-3H2. The quantitative estimate of drug-likeness (QED) is 0.831. The summed E-state index contributed by atoms with van der Waals surface area (Å²) in [7, 11) is 0. The Morgan fingerprint density at radius 2 is 2.38 bits per heavy atom. The highest BCUT2D eigenvalue weighted by Crippen LogP contribution is 2.31. The third kappa shape index (κ3) is 1.45.